The number of sulfone groups is 1. The average Bonchev–Trinajstić information content (AvgIpc) is 2.35. The third kappa shape index (κ3) is 3.14. The van der Waals surface area contributed by atoms with Gasteiger partial charge in [0.1, 0.15) is 11.6 Å². The van der Waals surface area contributed by atoms with Crippen LogP contribution < -0.4 is 4.74 Å². The minimum Gasteiger partial charge on any atom is -0.439 e. The van der Waals surface area contributed by atoms with Crippen LogP contribution in [0.25, 0.3) is 0 Å². The Labute approximate surface area is 118 Å². The molecule has 0 unspecified atom stereocenters. The summed E-state index contributed by atoms with van der Waals surface area (Å²) in [6.45, 7) is 5.57. The van der Waals surface area contributed by atoms with E-state index in [0.29, 0.717) is 17.5 Å². The molecule has 6 heteroatoms. The lowest BCUT2D eigenvalue weighted by Gasteiger charge is -2.10. The van der Waals surface area contributed by atoms with Gasteiger partial charge in [0.2, 0.25) is 5.88 Å². The van der Waals surface area contributed by atoms with E-state index < -0.39 is 9.84 Å². The molecule has 2 rings (SSSR count). The zero-order chi connectivity index (χ0) is 14.9. The van der Waals surface area contributed by atoms with Crippen molar-refractivity contribution in [2.45, 2.75) is 25.7 Å². The van der Waals surface area contributed by atoms with Crippen LogP contribution in [-0.4, -0.2) is 24.6 Å². The normalized spacial score (nSPS) is 11.4. The van der Waals surface area contributed by atoms with Crippen LogP contribution in [0.4, 0.5) is 0 Å². The number of hydrogen-bond donors (Lipinski definition) is 0. The van der Waals surface area contributed by atoms with Gasteiger partial charge in [-0.3, -0.25) is 0 Å². The van der Waals surface area contributed by atoms with E-state index in [9.17, 15) is 8.42 Å². The van der Waals surface area contributed by atoms with E-state index in [1.165, 1.54) is 18.4 Å². The number of rotatable bonds is 3. The van der Waals surface area contributed by atoms with Crippen LogP contribution in [-0.2, 0) is 9.84 Å². The highest BCUT2D eigenvalue weighted by atomic mass is 32.2. The SMILES string of the molecule is Cc1nc(C)c(C)c(Oc2ccc(S(C)(=O)=O)cc2)n1. The summed E-state index contributed by atoms with van der Waals surface area (Å²) in [5.74, 6) is 1.66. The summed E-state index contributed by atoms with van der Waals surface area (Å²) in [7, 11) is -3.20. The molecule has 0 saturated carbocycles. The molecule has 1 aromatic carbocycles. The largest absolute Gasteiger partial charge is 0.439 e. The smallest absolute Gasteiger partial charge is 0.225 e. The van der Waals surface area contributed by atoms with E-state index in [2.05, 4.69) is 9.97 Å². The van der Waals surface area contributed by atoms with Gasteiger partial charge < -0.3 is 4.74 Å². The molecule has 0 bridgehead atoms. The molecule has 1 heterocycles. The summed E-state index contributed by atoms with van der Waals surface area (Å²) < 4.78 is 28.5. The number of ether oxygens (including phenoxy) is 1. The fraction of sp³-hybridized carbons (Fsp3) is 0.286. The topological polar surface area (TPSA) is 69.2 Å². The van der Waals surface area contributed by atoms with E-state index in [0.717, 1.165) is 11.3 Å². The minimum atomic E-state index is -3.20. The summed E-state index contributed by atoms with van der Waals surface area (Å²) in [6, 6.07) is 6.26. The molecule has 5 nitrogen and oxygen atoms in total. The number of aryl methyl sites for hydroxylation is 2. The molecule has 1 aromatic heterocycles. The Bertz CT molecular complexity index is 738. The molecule has 0 aliphatic heterocycles. The first kappa shape index (κ1) is 14.5. The van der Waals surface area contributed by atoms with Crippen molar-refractivity contribution in [3.8, 4) is 11.6 Å². The monoisotopic (exact) mass is 292 g/mol. The van der Waals surface area contributed by atoms with Gasteiger partial charge in [-0.15, -0.1) is 0 Å². The second kappa shape index (κ2) is 5.20. The maximum Gasteiger partial charge on any atom is 0.225 e. The van der Waals surface area contributed by atoms with E-state index in [1.807, 2.05) is 13.8 Å². The van der Waals surface area contributed by atoms with Crippen molar-refractivity contribution in [1.82, 2.24) is 9.97 Å². The number of hydrogen-bond acceptors (Lipinski definition) is 5. The van der Waals surface area contributed by atoms with Gasteiger partial charge in [0, 0.05) is 17.5 Å². The lowest BCUT2D eigenvalue weighted by atomic mass is 10.2. The number of nitrogens with zero attached hydrogens (tertiary/aromatic N) is 2. The van der Waals surface area contributed by atoms with E-state index in [-0.39, 0.29) is 4.90 Å². The van der Waals surface area contributed by atoms with E-state index in [4.69, 9.17) is 4.74 Å². The highest BCUT2D eigenvalue weighted by Crippen LogP contribution is 2.25. The molecule has 0 spiro atoms. The van der Waals surface area contributed by atoms with Crippen LogP contribution in [0, 0.1) is 20.8 Å². The zero-order valence-electron chi connectivity index (χ0n) is 11.8. The third-order valence-electron chi connectivity index (χ3n) is 2.92. The molecule has 0 N–H and O–H groups in total. The van der Waals surface area contributed by atoms with Gasteiger partial charge in [-0.1, -0.05) is 0 Å². The minimum absolute atomic E-state index is 0.261. The Morgan fingerprint density at radius 1 is 1.00 bits per heavy atom. The van der Waals surface area contributed by atoms with Gasteiger partial charge in [-0.2, -0.15) is 4.98 Å². The van der Waals surface area contributed by atoms with Gasteiger partial charge in [0.25, 0.3) is 0 Å². The van der Waals surface area contributed by atoms with Crippen molar-refractivity contribution in [3.63, 3.8) is 0 Å². The van der Waals surface area contributed by atoms with Crippen LogP contribution in [0.5, 0.6) is 11.6 Å². The van der Waals surface area contributed by atoms with Crippen molar-refractivity contribution < 1.29 is 13.2 Å². The van der Waals surface area contributed by atoms with Crippen molar-refractivity contribution >= 4 is 9.84 Å². The van der Waals surface area contributed by atoms with Gasteiger partial charge in [0.15, 0.2) is 9.84 Å². The molecule has 0 amide bonds. The summed E-state index contributed by atoms with van der Waals surface area (Å²) in [6.07, 6.45) is 1.17. The van der Waals surface area contributed by atoms with E-state index in [1.54, 1.807) is 19.1 Å². The standard InChI is InChI=1S/C14H16N2O3S/c1-9-10(2)15-11(3)16-14(9)19-12-5-7-13(8-6-12)20(4,17)18/h5-8H,1-4H3. The maximum absolute atomic E-state index is 11.4. The van der Waals surface area contributed by atoms with Crippen molar-refractivity contribution in [1.29, 1.82) is 0 Å². The highest BCUT2D eigenvalue weighted by Gasteiger charge is 2.10. The molecule has 2 aromatic rings. The first-order valence-corrected chi connectivity index (χ1v) is 7.96. The zero-order valence-corrected chi connectivity index (χ0v) is 12.7. The predicted molar refractivity (Wildman–Crippen MR) is 75.9 cm³/mol. The molecule has 0 atom stereocenters. The quantitative estimate of drug-likeness (QED) is 0.869. The number of benzene rings is 1. The summed E-state index contributed by atoms with van der Waals surface area (Å²) in [5, 5.41) is 0. The van der Waals surface area contributed by atoms with Crippen molar-refractivity contribution in [3.05, 3.63) is 41.3 Å². The molecular formula is C14H16N2O3S. The van der Waals surface area contributed by atoms with Crippen LogP contribution in [0.3, 0.4) is 0 Å². The second-order valence-electron chi connectivity index (χ2n) is 4.63. The molecular weight excluding hydrogens is 276 g/mol. The van der Waals surface area contributed by atoms with Gasteiger partial charge >= 0.3 is 0 Å². The highest BCUT2D eigenvalue weighted by molar-refractivity contribution is 7.90. The second-order valence-corrected chi connectivity index (χ2v) is 6.65. The molecule has 20 heavy (non-hydrogen) atoms. The first-order chi connectivity index (χ1) is 9.27. The average molecular weight is 292 g/mol. The lowest BCUT2D eigenvalue weighted by Crippen LogP contribution is -2.00. The van der Waals surface area contributed by atoms with Crippen molar-refractivity contribution in [2.24, 2.45) is 0 Å². The van der Waals surface area contributed by atoms with Crippen LogP contribution in [0.15, 0.2) is 29.2 Å². The lowest BCUT2D eigenvalue weighted by molar-refractivity contribution is 0.454. The Morgan fingerprint density at radius 2 is 1.60 bits per heavy atom. The Hall–Kier alpha value is -1.95. The first-order valence-electron chi connectivity index (χ1n) is 6.07. The Balaban J connectivity index is 2.32. The van der Waals surface area contributed by atoms with Crippen LogP contribution >= 0.6 is 0 Å². The van der Waals surface area contributed by atoms with E-state index >= 15 is 0 Å². The fourth-order valence-electron chi connectivity index (χ4n) is 1.70. The fourth-order valence-corrected chi connectivity index (χ4v) is 2.33. The summed E-state index contributed by atoms with van der Waals surface area (Å²) in [4.78, 5) is 8.76. The van der Waals surface area contributed by atoms with Gasteiger partial charge in [-0.05, 0) is 45.0 Å². The van der Waals surface area contributed by atoms with Crippen LogP contribution in [0.2, 0.25) is 0 Å². The van der Waals surface area contributed by atoms with Crippen molar-refractivity contribution in [2.75, 3.05) is 6.26 Å². The molecule has 106 valence electrons. The molecule has 0 saturated heterocycles. The molecule has 0 fully saturated rings. The number of aromatic nitrogens is 2. The summed E-state index contributed by atoms with van der Waals surface area (Å²) >= 11 is 0. The molecule has 0 aliphatic rings. The molecule has 0 aliphatic carbocycles. The van der Waals surface area contributed by atoms with Crippen LogP contribution in [0.1, 0.15) is 17.1 Å². The predicted octanol–water partition coefficient (Wildman–Crippen LogP) is 2.60. The summed E-state index contributed by atoms with van der Waals surface area (Å²) in [5.41, 5.74) is 1.73. The molecule has 0 radical (unpaired) electrons. The van der Waals surface area contributed by atoms with Gasteiger partial charge in [-0.25, -0.2) is 13.4 Å². The Morgan fingerprint density at radius 3 is 2.15 bits per heavy atom. The third-order valence-corrected chi connectivity index (χ3v) is 4.05. The van der Waals surface area contributed by atoms with Gasteiger partial charge in [0.05, 0.1) is 4.90 Å². The maximum atomic E-state index is 11.4. The Kier molecular flexibility index (Phi) is 3.76.